The molecule has 4 nitrogen and oxygen atoms in total. The van der Waals surface area contributed by atoms with Crippen molar-refractivity contribution in [3.8, 4) is 78.7 Å². The molecule has 59 heavy (non-hydrogen) atoms. The minimum Gasteiger partial charge on any atom is -0.456 e. The first-order valence-corrected chi connectivity index (χ1v) is 19.9. The summed E-state index contributed by atoms with van der Waals surface area (Å²) in [6.45, 7) is 0. The molecule has 11 aromatic rings. The summed E-state index contributed by atoms with van der Waals surface area (Å²) in [6.07, 6.45) is 0. The van der Waals surface area contributed by atoms with Crippen molar-refractivity contribution in [2.45, 2.75) is 0 Å². The molecule has 2 aromatic heterocycles. The molecule has 0 saturated heterocycles. The molecule has 9 aromatic carbocycles. The SMILES string of the molecule is c1ccc(-c2ccc(-c3nc(-c4ccc(-c5ccc(-c6cccc7oc8ccccc8c67)c6ccccc56)cc4)nc(-c4ccccc4-c4ccccc4)n3)cc2)cc1. The van der Waals surface area contributed by atoms with Crippen LogP contribution in [-0.2, 0) is 0 Å². The maximum atomic E-state index is 6.27. The zero-order valence-electron chi connectivity index (χ0n) is 32.0. The molecular weight excluding hydrogens is 719 g/mol. The second-order valence-corrected chi connectivity index (χ2v) is 14.7. The fraction of sp³-hybridized carbons (Fsp3) is 0. The van der Waals surface area contributed by atoms with Gasteiger partial charge in [-0.3, -0.25) is 0 Å². The van der Waals surface area contributed by atoms with Gasteiger partial charge in [0.25, 0.3) is 0 Å². The maximum absolute atomic E-state index is 6.27. The van der Waals surface area contributed by atoms with Gasteiger partial charge in [-0.05, 0) is 67.4 Å². The summed E-state index contributed by atoms with van der Waals surface area (Å²) in [7, 11) is 0. The Balaban J connectivity index is 1.01. The highest BCUT2D eigenvalue weighted by Gasteiger charge is 2.18. The zero-order valence-corrected chi connectivity index (χ0v) is 32.0. The topological polar surface area (TPSA) is 51.8 Å². The van der Waals surface area contributed by atoms with E-state index in [-0.39, 0.29) is 0 Å². The summed E-state index contributed by atoms with van der Waals surface area (Å²) < 4.78 is 6.27. The summed E-state index contributed by atoms with van der Waals surface area (Å²) in [5, 5.41) is 4.64. The summed E-state index contributed by atoms with van der Waals surface area (Å²) >= 11 is 0. The number of benzene rings is 9. The number of rotatable bonds is 7. The van der Waals surface area contributed by atoms with E-state index < -0.39 is 0 Å². The first-order valence-electron chi connectivity index (χ1n) is 19.9. The van der Waals surface area contributed by atoms with Crippen molar-refractivity contribution in [3.63, 3.8) is 0 Å². The van der Waals surface area contributed by atoms with Gasteiger partial charge in [-0.15, -0.1) is 0 Å². The van der Waals surface area contributed by atoms with Gasteiger partial charge < -0.3 is 4.42 Å². The predicted molar refractivity (Wildman–Crippen MR) is 243 cm³/mol. The minimum atomic E-state index is 0.618. The number of nitrogens with zero attached hydrogens (tertiary/aromatic N) is 3. The quantitative estimate of drug-likeness (QED) is 0.163. The van der Waals surface area contributed by atoms with Crippen LogP contribution in [0, 0.1) is 0 Å². The Hall–Kier alpha value is -7.95. The molecule has 0 aliphatic rings. The highest BCUT2D eigenvalue weighted by molar-refractivity contribution is 6.16. The lowest BCUT2D eigenvalue weighted by atomic mass is 9.90. The van der Waals surface area contributed by atoms with Crippen molar-refractivity contribution in [2.75, 3.05) is 0 Å². The van der Waals surface area contributed by atoms with Crippen molar-refractivity contribution < 1.29 is 4.42 Å². The van der Waals surface area contributed by atoms with Gasteiger partial charge in [0.1, 0.15) is 11.2 Å². The smallest absolute Gasteiger partial charge is 0.164 e. The molecule has 0 fully saturated rings. The molecule has 0 aliphatic heterocycles. The van der Waals surface area contributed by atoms with Crippen LogP contribution in [0.3, 0.4) is 0 Å². The van der Waals surface area contributed by atoms with E-state index >= 15 is 0 Å². The van der Waals surface area contributed by atoms with Crippen molar-refractivity contribution in [3.05, 3.63) is 212 Å². The molecule has 2 heterocycles. The van der Waals surface area contributed by atoms with Crippen LogP contribution < -0.4 is 0 Å². The second kappa shape index (κ2) is 14.5. The van der Waals surface area contributed by atoms with Gasteiger partial charge in [0.05, 0.1) is 0 Å². The van der Waals surface area contributed by atoms with Gasteiger partial charge in [0, 0.05) is 27.5 Å². The van der Waals surface area contributed by atoms with Crippen LogP contribution >= 0.6 is 0 Å². The van der Waals surface area contributed by atoms with Crippen molar-refractivity contribution in [2.24, 2.45) is 0 Å². The van der Waals surface area contributed by atoms with Gasteiger partial charge in [0.2, 0.25) is 0 Å². The molecule has 0 unspecified atom stereocenters. The molecule has 0 aliphatic carbocycles. The lowest BCUT2D eigenvalue weighted by Gasteiger charge is -2.14. The van der Waals surface area contributed by atoms with Crippen LogP contribution in [0.2, 0.25) is 0 Å². The molecular formula is C55H35N3O. The predicted octanol–water partition coefficient (Wildman–Crippen LogP) is 14.6. The largest absolute Gasteiger partial charge is 0.456 e. The van der Waals surface area contributed by atoms with Gasteiger partial charge in [-0.2, -0.15) is 0 Å². The van der Waals surface area contributed by atoms with E-state index in [9.17, 15) is 0 Å². The van der Waals surface area contributed by atoms with Gasteiger partial charge in [-0.1, -0.05) is 200 Å². The van der Waals surface area contributed by atoms with Crippen LogP contribution in [0.4, 0.5) is 0 Å². The zero-order chi connectivity index (χ0) is 39.1. The van der Waals surface area contributed by atoms with Gasteiger partial charge in [-0.25, -0.2) is 15.0 Å². The van der Waals surface area contributed by atoms with Crippen molar-refractivity contribution in [1.29, 1.82) is 0 Å². The number of aromatic nitrogens is 3. The van der Waals surface area contributed by atoms with E-state index in [0.29, 0.717) is 17.5 Å². The molecule has 0 amide bonds. The Morgan fingerprint density at radius 1 is 0.237 bits per heavy atom. The van der Waals surface area contributed by atoms with E-state index in [1.807, 2.05) is 30.3 Å². The molecule has 0 saturated carbocycles. The average Bonchev–Trinajstić information content (AvgIpc) is 3.71. The molecule has 0 bridgehead atoms. The standard InChI is InChI=1S/C55H35N3O/c1-3-14-36(15-4-1)37-26-30-40(31-27-37)53-56-54(58-55(57-53)48-21-10-7-18-42(48)38-16-5-2-6-17-38)41-32-28-39(29-33-41)43-34-35-46(45-20-9-8-19-44(43)45)47-23-13-25-51-52(47)49-22-11-12-24-50(49)59-51/h1-35H. The Morgan fingerprint density at radius 3 is 1.37 bits per heavy atom. The number of hydrogen-bond donors (Lipinski definition) is 0. The fourth-order valence-corrected chi connectivity index (χ4v) is 8.33. The van der Waals surface area contributed by atoms with E-state index in [1.54, 1.807) is 0 Å². The van der Waals surface area contributed by atoms with Crippen LogP contribution in [0.1, 0.15) is 0 Å². The highest BCUT2D eigenvalue weighted by Crippen LogP contribution is 2.42. The molecule has 0 spiro atoms. The third kappa shape index (κ3) is 6.24. The van der Waals surface area contributed by atoms with E-state index in [1.165, 1.54) is 21.9 Å². The number of hydrogen-bond acceptors (Lipinski definition) is 4. The summed E-state index contributed by atoms with van der Waals surface area (Å²) in [4.78, 5) is 15.4. The first-order chi connectivity index (χ1) is 29.2. The molecule has 0 N–H and O–H groups in total. The van der Waals surface area contributed by atoms with Crippen molar-refractivity contribution in [1.82, 2.24) is 15.0 Å². The van der Waals surface area contributed by atoms with Crippen LogP contribution in [0.25, 0.3) is 111 Å². The van der Waals surface area contributed by atoms with E-state index in [0.717, 1.165) is 72.0 Å². The van der Waals surface area contributed by atoms with E-state index in [4.69, 9.17) is 19.4 Å². The van der Waals surface area contributed by atoms with Gasteiger partial charge in [0.15, 0.2) is 17.5 Å². The summed E-state index contributed by atoms with van der Waals surface area (Å²) in [5.74, 6) is 1.87. The molecule has 0 atom stereocenters. The number of furan rings is 1. The van der Waals surface area contributed by atoms with Gasteiger partial charge >= 0.3 is 0 Å². The van der Waals surface area contributed by atoms with Crippen LogP contribution in [0.15, 0.2) is 217 Å². The minimum absolute atomic E-state index is 0.618. The lowest BCUT2D eigenvalue weighted by molar-refractivity contribution is 0.669. The van der Waals surface area contributed by atoms with E-state index in [2.05, 4.69) is 182 Å². The molecule has 276 valence electrons. The summed E-state index contributed by atoms with van der Waals surface area (Å²) in [5.41, 5.74) is 13.7. The van der Waals surface area contributed by atoms with Crippen LogP contribution in [0.5, 0.6) is 0 Å². The molecule has 11 rings (SSSR count). The normalized spacial score (nSPS) is 11.4. The monoisotopic (exact) mass is 753 g/mol. The Bertz CT molecular complexity index is 3300. The third-order valence-electron chi connectivity index (χ3n) is 11.2. The number of fused-ring (bicyclic) bond motifs is 4. The van der Waals surface area contributed by atoms with Crippen LogP contribution in [-0.4, -0.2) is 15.0 Å². The fourth-order valence-electron chi connectivity index (χ4n) is 8.33. The Kier molecular flexibility index (Phi) is 8.45. The Morgan fingerprint density at radius 2 is 0.678 bits per heavy atom. The lowest BCUT2D eigenvalue weighted by Crippen LogP contribution is -2.01. The summed E-state index contributed by atoms with van der Waals surface area (Å²) in [6, 6.07) is 74.0. The second-order valence-electron chi connectivity index (χ2n) is 14.7. The number of para-hydroxylation sites is 1. The Labute approximate surface area is 341 Å². The molecule has 0 radical (unpaired) electrons. The molecule has 4 heteroatoms. The average molecular weight is 754 g/mol. The first kappa shape index (κ1) is 34.3. The third-order valence-corrected chi connectivity index (χ3v) is 11.2. The maximum Gasteiger partial charge on any atom is 0.164 e. The highest BCUT2D eigenvalue weighted by atomic mass is 16.3. The van der Waals surface area contributed by atoms with Crippen molar-refractivity contribution >= 4 is 32.7 Å².